The summed E-state index contributed by atoms with van der Waals surface area (Å²) in [7, 11) is 0. The molecule has 0 saturated carbocycles. The number of nitrogens with one attached hydrogen (secondary N) is 1. The van der Waals surface area contributed by atoms with E-state index in [0.717, 1.165) is 49.2 Å². The van der Waals surface area contributed by atoms with E-state index >= 15 is 0 Å². The van der Waals surface area contributed by atoms with Crippen LogP contribution in [0, 0.1) is 6.92 Å². The molecule has 1 aliphatic rings. The standard InChI is InChI=1S/C14H17F3N4S/c1-9-18-11(8-22-9)7-21-4-2-3-10(6-21)12-5-13(20-19-12)14(15,16)17/h5,8,10H,2-4,6-7H2,1H3,(H,19,20)/t10-/m1/s1. The summed E-state index contributed by atoms with van der Waals surface area (Å²) in [4.78, 5) is 6.69. The molecule has 1 N–H and O–H groups in total. The zero-order valence-electron chi connectivity index (χ0n) is 12.2. The van der Waals surface area contributed by atoms with Gasteiger partial charge in [-0.15, -0.1) is 11.3 Å². The summed E-state index contributed by atoms with van der Waals surface area (Å²) in [6, 6.07) is 1.14. The third-order valence-corrected chi connectivity index (χ3v) is 4.71. The highest BCUT2D eigenvalue weighted by Crippen LogP contribution is 2.32. The van der Waals surface area contributed by atoms with Crippen molar-refractivity contribution in [3.63, 3.8) is 0 Å². The Morgan fingerprint density at radius 3 is 2.91 bits per heavy atom. The summed E-state index contributed by atoms with van der Waals surface area (Å²) >= 11 is 1.62. The number of H-pyrrole nitrogens is 1. The molecule has 1 saturated heterocycles. The lowest BCUT2D eigenvalue weighted by Crippen LogP contribution is -2.34. The Labute approximate surface area is 130 Å². The summed E-state index contributed by atoms with van der Waals surface area (Å²) in [6.45, 7) is 4.40. The summed E-state index contributed by atoms with van der Waals surface area (Å²) in [5.41, 5.74) is 0.768. The molecule has 22 heavy (non-hydrogen) atoms. The average Bonchev–Trinajstić information content (AvgIpc) is 3.08. The van der Waals surface area contributed by atoms with Gasteiger partial charge in [0.25, 0.3) is 0 Å². The molecule has 120 valence electrons. The first-order chi connectivity index (χ1) is 10.4. The molecule has 3 rings (SSSR count). The predicted octanol–water partition coefficient (Wildman–Crippen LogP) is 3.57. The number of alkyl halides is 3. The van der Waals surface area contributed by atoms with Gasteiger partial charge in [0.15, 0.2) is 5.69 Å². The zero-order chi connectivity index (χ0) is 15.7. The maximum Gasteiger partial charge on any atom is 0.435 e. The maximum atomic E-state index is 12.6. The molecule has 8 heteroatoms. The molecule has 0 radical (unpaired) electrons. The molecule has 4 nitrogen and oxygen atoms in total. The largest absolute Gasteiger partial charge is 0.435 e. The molecule has 3 heterocycles. The second kappa shape index (κ2) is 6.00. The number of piperidine rings is 1. The molecule has 2 aromatic rings. The van der Waals surface area contributed by atoms with Gasteiger partial charge in [-0.1, -0.05) is 0 Å². The van der Waals surface area contributed by atoms with Crippen molar-refractivity contribution in [1.29, 1.82) is 0 Å². The second-order valence-corrected chi connectivity index (χ2v) is 6.70. The Kier molecular flexibility index (Phi) is 4.22. The quantitative estimate of drug-likeness (QED) is 0.936. The van der Waals surface area contributed by atoms with E-state index in [1.54, 1.807) is 11.3 Å². The SMILES string of the molecule is Cc1nc(CN2CCC[C@@H](c3cc(C(F)(F)F)n[nH]3)C2)cs1. The number of halogens is 3. The van der Waals surface area contributed by atoms with Crippen LogP contribution in [-0.4, -0.2) is 33.2 Å². The lowest BCUT2D eigenvalue weighted by molar-refractivity contribution is -0.141. The smallest absolute Gasteiger partial charge is 0.297 e. The fourth-order valence-electron chi connectivity index (χ4n) is 2.85. The molecular weight excluding hydrogens is 313 g/mol. The molecule has 0 spiro atoms. The molecule has 2 aromatic heterocycles. The Bertz CT molecular complexity index is 634. The van der Waals surface area contributed by atoms with Crippen molar-refractivity contribution in [1.82, 2.24) is 20.1 Å². The summed E-state index contributed by atoms with van der Waals surface area (Å²) < 4.78 is 37.9. The van der Waals surface area contributed by atoms with Gasteiger partial charge in [-0.3, -0.25) is 10.00 Å². The van der Waals surface area contributed by atoms with Crippen LogP contribution in [0.3, 0.4) is 0 Å². The number of thiazole rings is 1. The van der Waals surface area contributed by atoms with Crippen molar-refractivity contribution >= 4 is 11.3 Å². The van der Waals surface area contributed by atoms with Gasteiger partial charge in [-0.25, -0.2) is 4.98 Å². The minimum Gasteiger partial charge on any atom is -0.297 e. The number of rotatable bonds is 3. The Hall–Kier alpha value is -1.41. The highest BCUT2D eigenvalue weighted by atomic mass is 32.1. The summed E-state index contributed by atoms with van der Waals surface area (Å²) in [6.07, 6.45) is -2.54. The zero-order valence-corrected chi connectivity index (χ0v) is 13.0. The van der Waals surface area contributed by atoms with E-state index in [2.05, 4.69) is 20.1 Å². The minimum absolute atomic E-state index is 0.0667. The number of likely N-dealkylation sites (tertiary alicyclic amines) is 1. The van der Waals surface area contributed by atoms with Gasteiger partial charge in [0.05, 0.1) is 10.7 Å². The average molecular weight is 330 g/mol. The summed E-state index contributed by atoms with van der Waals surface area (Å²) in [5.74, 6) is 0.0667. The number of hydrogen-bond donors (Lipinski definition) is 1. The lowest BCUT2D eigenvalue weighted by atomic mass is 9.94. The monoisotopic (exact) mass is 330 g/mol. The Morgan fingerprint density at radius 1 is 1.45 bits per heavy atom. The van der Waals surface area contributed by atoms with Crippen LogP contribution in [0.25, 0.3) is 0 Å². The van der Waals surface area contributed by atoms with Crippen molar-refractivity contribution in [3.05, 3.63) is 33.5 Å². The first-order valence-corrected chi connectivity index (χ1v) is 8.05. The van der Waals surface area contributed by atoms with Gasteiger partial charge in [0, 0.05) is 30.1 Å². The van der Waals surface area contributed by atoms with Crippen LogP contribution in [0.2, 0.25) is 0 Å². The van der Waals surface area contributed by atoms with E-state index in [4.69, 9.17) is 0 Å². The number of hydrogen-bond acceptors (Lipinski definition) is 4. The third kappa shape index (κ3) is 3.49. The van der Waals surface area contributed by atoms with E-state index in [-0.39, 0.29) is 5.92 Å². The maximum absolute atomic E-state index is 12.6. The van der Waals surface area contributed by atoms with Gasteiger partial charge in [0.2, 0.25) is 0 Å². The Morgan fingerprint density at radius 2 is 2.27 bits per heavy atom. The van der Waals surface area contributed by atoms with E-state index in [1.807, 2.05) is 12.3 Å². The normalized spacial score (nSPS) is 20.5. The third-order valence-electron chi connectivity index (χ3n) is 3.89. The molecular formula is C14H17F3N4S. The van der Waals surface area contributed by atoms with Gasteiger partial charge in [0.1, 0.15) is 0 Å². The highest BCUT2D eigenvalue weighted by molar-refractivity contribution is 7.09. The van der Waals surface area contributed by atoms with Crippen LogP contribution < -0.4 is 0 Å². The Balaban J connectivity index is 1.66. The molecule has 0 aromatic carbocycles. The number of aromatic nitrogens is 3. The molecule has 0 aliphatic carbocycles. The van der Waals surface area contributed by atoms with Crippen molar-refractivity contribution in [2.45, 2.75) is 38.4 Å². The highest BCUT2D eigenvalue weighted by Gasteiger charge is 2.35. The van der Waals surface area contributed by atoms with Crippen LogP contribution in [0.1, 0.15) is 40.8 Å². The van der Waals surface area contributed by atoms with Crippen molar-refractivity contribution < 1.29 is 13.2 Å². The van der Waals surface area contributed by atoms with Crippen molar-refractivity contribution in [2.24, 2.45) is 0 Å². The van der Waals surface area contributed by atoms with Crippen molar-refractivity contribution in [3.8, 4) is 0 Å². The number of aromatic amines is 1. The fraction of sp³-hybridized carbons (Fsp3) is 0.571. The van der Waals surface area contributed by atoms with Crippen molar-refractivity contribution in [2.75, 3.05) is 13.1 Å². The van der Waals surface area contributed by atoms with Crippen LogP contribution >= 0.6 is 11.3 Å². The summed E-state index contributed by atoms with van der Waals surface area (Å²) in [5, 5.41) is 9.03. The van der Waals surface area contributed by atoms with E-state index in [1.165, 1.54) is 0 Å². The minimum atomic E-state index is -4.39. The molecule has 1 fully saturated rings. The lowest BCUT2D eigenvalue weighted by Gasteiger charge is -2.31. The molecule has 0 bridgehead atoms. The molecule has 1 aliphatic heterocycles. The van der Waals surface area contributed by atoms with Gasteiger partial charge >= 0.3 is 6.18 Å². The predicted molar refractivity (Wildman–Crippen MR) is 77.7 cm³/mol. The molecule has 1 atom stereocenters. The number of nitrogens with zero attached hydrogens (tertiary/aromatic N) is 3. The molecule has 0 amide bonds. The van der Waals surface area contributed by atoms with E-state index in [0.29, 0.717) is 5.69 Å². The van der Waals surface area contributed by atoms with Gasteiger partial charge < -0.3 is 0 Å². The first kappa shape index (κ1) is 15.5. The topological polar surface area (TPSA) is 44.8 Å². The van der Waals surface area contributed by atoms with Crippen LogP contribution in [0.5, 0.6) is 0 Å². The first-order valence-electron chi connectivity index (χ1n) is 7.17. The van der Waals surface area contributed by atoms with Crippen LogP contribution in [0.4, 0.5) is 13.2 Å². The number of aryl methyl sites for hydroxylation is 1. The van der Waals surface area contributed by atoms with E-state index in [9.17, 15) is 13.2 Å². The van der Waals surface area contributed by atoms with Crippen LogP contribution in [-0.2, 0) is 12.7 Å². The van der Waals surface area contributed by atoms with Crippen LogP contribution in [0.15, 0.2) is 11.4 Å². The molecule has 0 unspecified atom stereocenters. The second-order valence-electron chi connectivity index (χ2n) is 5.64. The van der Waals surface area contributed by atoms with Gasteiger partial charge in [-0.05, 0) is 32.4 Å². The van der Waals surface area contributed by atoms with E-state index < -0.39 is 11.9 Å². The fourth-order valence-corrected chi connectivity index (χ4v) is 3.46. The van der Waals surface area contributed by atoms with Gasteiger partial charge in [-0.2, -0.15) is 18.3 Å².